The van der Waals surface area contributed by atoms with Crippen molar-refractivity contribution in [3.05, 3.63) is 63.6 Å². The third-order valence-electron chi connectivity index (χ3n) is 3.88. The van der Waals surface area contributed by atoms with Crippen molar-refractivity contribution in [3.63, 3.8) is 0 Å². The average Bonchev–Trinajstić information content (AvgIpc) is 3.03. The van der Waals surface area contributed by atoms with Crippen LogP contribution in [0.5, 0.6) is 0 Å². The van der Waals surface area contributed by atoms with Gasteiger partial charge in [-0.15, -0.1) is 0 Å². The van der Waals surface area contributed by atoms with Gasteiger partial charge in [0.25, 0.3) is 0 Å². The molecule has 3 aromatic rings. The lowest BCUT2D eigenvalue weighted by Crippen LogP contribution is -2.39. The van der Waals surface area contributed by atoms with Crippen LogP contribution in [0.4, 0.5) is 13.2 Å². The molecular weight excluding hydrogens is 409 g/mol. The quantitative estimate of drug-likeness (QED) is 0.386. The Hall–Kier alpha value is -3.39. The molecule has 29 heavy (non-hydrogen) atoms. The maximum Gasteiger partial charge on any atom is 0.438 e. The summed E-state index contributed by atoms with van der Waals surface area (Å²) in [7, 11) is 1.37. The fraction of sp³-hybridized carbons (Fsp3) is 0.167. The van der Waals surface area contributed by atoms with E-state index in [9.17, 15) is 28.0 Å². The van der Waals surface area contributed by atoms with Crippen LogP contribution in [0.2, 0.25) is 0 Å². The predicted molar refractivity (Wildman–Crippen MR) is 94.9 cm³/mol. The summed E-state index contributed by atoms with van der Waals surface area (Å²) in [6, 6.07) is 10.5. The zero-order valence-electron chi connectivity index (χ0n) is 14.8. The van der Waals surface area contributed by atoms with Crippen molar-refractivity contribution in [2.75, 3.05) is 5.75 Å². The SMILES string of the molecule is C[n+]1[nH]oc(=O)c1C(=O)CSc1nc(-c2ccccc2)cc(C(F)(F)F)c1C#N. The number of alkyl halides is 3. The molecule has 0 bridgehead atoms. The van der Waals surface area contributed by atoms with Gasteiger partial charge in [0, 0.05) is 5.56 Å². The van der Waals surface area contributed by atoms with E-state index in [-0.39, 0.29) is 16.4 Å². The number of aromatic amines is 1. The summed E-state index contributed by atoms with van der Waals surface area (Å²) >= 11 is 0.644. The lowest BCUT2D eigenvalue weighted by Gasteiger charge is -2.14. The van der Waals surface area contributed by atoms with Gasteiger partial charge in [-0.05, 0) is 11.3 Å². The topological polar surface area (TPSA) is 104 Å². The molecule has 0 saturated heterocycles. The van der Waals surface area contributed by atoms with E-state index in [4.69, 9.17) is 0 Å². The number of nitrogens with one attached hydrogen (secondary N) is 1. The first-order valence-corrected chi connectivity index (χ1v) is 9.02. The summed E-state index contributed by atoms with van der Waals surface area (Å²) in [5.41, 5.74) is -2.59. The van der Waals surface area contributed by atoms with Gasteiger partial charge in [-0.2, -0.15) is 18.4 Å². The van der Waals surface area contributed by atoms with Gasteiger partial charge in [0.2, 0.25) is 5.78 Å². The van der Waals surface area contributed by atoms with Gasteiger partial charge in [-0.25, -0.2) is 9.78 Å². The Morgan fingerprint density at radius 3 is 2.59 bits per heavy atom. The first-order valence-electron chi connectivity index (χ1n) is 8.03. The molecule has 7 nitrogen and oxygen atoms in total. The molecule has 0 aliphatic rings. The van der Waals surface area contributed by atoms with Crippen molar-refractivity contribution in [3.8, 4) is 17.3 Å². The second kappa shape index (κ2) is 7.92. The third kappa shape index (κ3) is 4.22. The van der Waals surface area contributed by atoms with Gasteiger partial charge >= 0.3 is 17.5 Å². The van der Waals surface area contributed by atoms with E-state index < -0.39 is 34.5 Å². The van der Waals surface area contributed by atoms with E-state index >= 15 is 0 Å². The van der Waals surface area contributed by atoms with E-state index in [1.54, 1.807) is 30.3 Å². The van der Waals surface area contributed by atoms with Crippen LogP contribution >= 0.6 is 11.8 Å². The van der Waals surface area contributed by atoms with E-state index in [1.165, 1.54) is 13.1 Å². The number of pyridine rings is 1. The van der Waals surface area contributed by atoms with Gasteiger partial charge in [-0.1, -0.05) is 46.8 Å². The molecule has 0 aliphatic carbocycles. The molecule has 0 unspecified atom stereocenters. The van der Waals surface area contributed by atoms with Crippen LogP contribution < -0.4 is 10.3 Å². The highest BCUT2D eigenvalue weighted by Gasteiger charge is 2.36. The number of carbonyl (C=O) groups excluding carboxylic acids is 1. The number of ketones is 1. The molecule has 2 aromatic heterocycles. The minimum Gasteiger partial charge on any atom is -0.286 e. The van der Waals surface area contributed by atoms with Crippen LogP contribution in [0.1, 0.15) is 21.6 Å². The number of carbonyl (C=O) groups is 1. The molecular formula is C18H12F3N4O3S+. The maximum absolute atomic E-state index is 13.5. The molecule has 11 heteroatoms. The van der Waals surface area contributed by atoms with Gasteiger partial charge in [-0.3, -0.25) is 9.32 Å². The molecule has 148 valence electrons. The zero-order valence-corrected chi connectivity index (χ0v) is 15.6. The van der Waals surface area contributed by atoms with Gasteiger partial charge in [0.1, 0.15) is 11.1 Å². The Labute approximate surface area is 165 Å². The summed E-state index contributed by atoms with van der Waals surface area (Å²) in [5, 5.41) is 11.2. The Bertz CT molecular complexity index is 1160. The number of H-pyrrole nitrogens is 1. The summed E-state index contributed by atoms with van der Waals surface area (Å²) < 4.78 is 46.1. The molecule has 0 aliphatic heterocycles. The van der Waals surface area contributed by atoms with Crippen LogP contribution in [0, 0.1) is 11.3 Å². The second-order valence-electron chi connectivity index (χ2n) is 5.81. The second-order valence-corrected chi connectivity index (χ2v) is 6.78. The first kappa shape index (κ1) is 20.3. The van der Waals surface area contributed by atoms with Crippen LogP contribution in [-0.4, -0.2) is 21.8 Å². The number of Topliss-reactive ketones (excluding diaryl/α,β-unsaturated/α-hetero) is 1. The number of nitrogens with zero attached hydrogens (tertiary/aromatic N) is 3. The lowest BCUT2D eigenvalue weighted by molar-refractivity contribution is -0.741. The van der Waals surface area contributed by atoms with E-state index in [2.05, 4.69) is 14.8 Å². The Morgan fingerprint density at radius 1 is 1.34 bits per heavy atom. The van der Waals surface area contributed by atoms with Gasteiger partial charge in [0.05, 0.1) is 22.6 Å². The van der Waals surface area contributed by atoms with Crippen LogP contribution in [0.15, 0.2) is 50.7 Å². The van der Waals surface area contributed by atoms with Crippen LogP contribution in [0.25, 0.3) is 11.3 Å². The van der Waals surface area contributed by atoms with Crippen molar-refractivity contribution in [1.29, 1.82) is 5.26 Å². The van der Waals surface area contributed by atoms with Crippen molar-refractivity contribution >= 4 is 17.5 Å². The maximum atomic E-state index is 13.5. The summed E-state index contributed by atoms with van der Waals surface area (Å²) in [6.45, 7) is 0. The van der Waals surface area contributed by atoms with Crippen LogP contribution in [-0.2, 0) is 13.2 Å². The summed E-state index contributed by atoms with van der Waals surface area (Å²) in [5.74, 6) is -1.09. The molecule has 0 saturated carbocycles. The Morgan fingerprint density at radius 2 is 2.03 bits per heavy atom. The smallest absolute Gasteiger partial charge is 0.286 e. The highest BCUT2D eigenvalue weighted by atomic mass is 32.2. The first-order chi connectivity index (χ1) is 13.7. The van der Waals surface area contributed by atoms with E-state index in [0.29, 0.717) is 17.3 Å². The molecule has 1 N–H and O–H groups in total. The van der Waals surface area contributed by atoms with Crippen molar-refractivity contribution in [1.82, 2.24) is 10.3 Å². The number of rotatable bonds is 5. The minimum atomic E-state index is -4.79. The van der Waals surface area contributed by atoms with Crippen LogP contribution in [0.3, 0.4) is 0 Å². The minimum absolute atomic E-state index is 0.0126. The molecule has 0 atom stereocenters. The largest absolute Gasteiger partial charge is 0.438 e. The van der Waals surface area contributed by atoms with E-state index in [0.717, 1.165) is 10.7 Å². The number of hydrogen-bond donors (Lipinski definition) is 1. The molecule has 0 radical (unpaired) electrons. The number of halogens is 3. The van der Waals surface area contributed by atoms with Gasteiger partial charge < -0.3 is 0 Å². The van der Waals surface area contributed by atoms with Crippen molar-refractivity contribution < 1.29 is 27.2 Å². The summed E-state index contributed by atoms with van der Waals surface area (Å²) in [6.07, 6.45) is -4.79. The standard InChI is InChI=1S/C18H11F3N4O3S/c1-25-15(17(27)28-24-25)14(26)9-29-16-11(8-22)12(18(19,20)21)7-13(23-16)10-5-3-2-4-6-10/h2-7H,9H2,1H3/p+1. The lowest BCUT2D eigenvalue weighted by atomic mass is 10.1. The molecule has 1 aromatic carbocycles. The fourth-order valence-corrected chi connectivity index (χ4v) is 3.43. The Kier molecular flexibility index (Phi) is 5.56. The molecule has 0 amide bonds. The highest BCUT2D eigenvalue weighted by molar-refractivity contribution is 8.00. The molecule has 0 spiro atoms. The monoisotopic (exact) mass is 421 g/mol. The molecule has 0 fully saturated rings. The number of hydrogen-bond acceptors (Lipinski definition) is 6. The van der Waals surface area contributed by atoms with E-state index in [1.807, 2.05) is 0 Å². The molecule has 3 rings (SSSR count). The normalized spacial score (nSPS) is 11.3. The number of aromatic nitrogens is 3. The van der Waals surface area contributed by atoms with Gasteiger partial charge in [0.15, 0.2) is 7.05 Å². The van der Waals surface area contributed by atoms with Crippen molar-refractivity contribution in [2.24, 2.45) is 7.05 Å². The van der Waals surface area contributed by atoms with Crippen molar-refractivity contribution in [2.45, 2.75) is 11.2 Å². The number of thioether (sulfide) groups is 1. The average molecular weight is 421 g/mol. The predicted octanol–water partition coefficient (Wildman–Crippen LogP) is 2.72. The molecule has 2 heterocycles. The number of aryl methyl sites for hydroxylation is 1. The number of nitriles is 1. The third-order valence-corrected chi connectivity index (χ3v) is 4.86. The zero-order chi connectivity index (χ0) is 21.2. The summed E-state index contributed by atoms with van der Waals surface area (Å²) in [4.78, 5) is 28.0. The highest BCUT2D eigenvalue weighted by Crippen LogP contribution is 2.37. The fourth-order valence-electron chi connectivity index (χ4n) is 2.56. The number of benzene rings is 1. The Balaban J connectivity index is 2.04.